The average Bonchev–Trinajstić information content (AvgIpc) is 4.13. The molecule has 2 aliphatic heterocycles. The lowest BCUT2D eigenvalue weighted by atomic mass is 9.71. The molecule has 0 amide bonds. The Morgan fingerprint density at radius 3 is 1.21 bits per heavy atom. The molecule has 8 bridgehead atoms. The lowest BCUT2D eigenvalue weighted by Gasteiger charge is -2.32. The van der Waals surface area contributed by atoms with Gasteiger partial charge in [-0.15, -0.1) is 0 Å². The number of nitrogens with one attached hydrogen (secondary N) is 2. The van der Waals surface area contributed by atoms with Crippen LogP contribution in [-0.4, -0.2) is 31.5 Å². The highest BCUT2D eigenvalue weighted by molar-refractivity contribution is 6.24. The fraction of sp³-hybridized carbons (Fsp3) is 0.214. The Morgan fingerprint density at radius 2 is 0.758 bits per heavy atom. The van der Waals surface area contributed by atoms with Crippen LogP contribution >= 0.6 is 0 Å². The summed E-state index contributed by atoms with van der Waals surface area (Å²) in [5, 5.41) is 0. The quantitative estimate of drug-likeness (QED) is 0.169. The van der Waals surface area contributed by atoms with Crippen LogP contribution in [0.4, 0.5) is 0 Å². The third kappa shape index (κ3) is 6.84. The monoisotopic (exact) mass is 810 g/mol. The van der Waals surface area contributed by atoms with Crippen molar-refractivity contribution < 1.29 is 9.59 Å². The average molecular weight is 811 g/mol. The minimum absolute atomic E-state index is 0.00436. The molecule has 6 nitrogen and oxygen atoms in total. The minimum Gasteiger partial charge on any atom is -0.355 e. The Labute approximate surface area is 362 Å². The van der Waals surface area contributed by atoms with E-state index in [1.54, 1.807) is 13.8 Å². The second-order valence-electron chi connectivity index (χ2n) is 17.6. The number of carbonyl (C=O) groups excluding carboxylic acids is 2. The van der Waals surface area contributed by atoms with Gasteiger partial charge in [-0.2, -0.15) is 0 Å². The highest BCUT2D eigenvalue weighted by Crippen LogP contribution is 2.45. The number of nitrogens with zero attached hydrogens (tertiary/aromatic N) is 2. The first kappa shape index (κ1) is 39.2. The van der Waals surface area contributed by atoms with E-state index in [2.05, 4.69) is 152 Å². The summed E-state index contributed by atoms with van der Waals surface area (Å²) < 4.78 is 0. The maximum atomic E-state index is 13.7. The van der Waals surface area contributed by atoms with E-state index in [1.807, 2.05) is 6.92 Å². The molecule has 0 radical (unpaired) electrons. The zero-order valence-electron chi connectivity index (χ0n) is 36.2. The van der Waals surface area contributed by atoms with E-state index in [0.717, 1.165) is 109 Å². The number of aromatic amines is 2. The van der Waals surface area contributed by atoms with Gasteiger partial charge in [-0.25, -0.2) is 9.97 Å². The fourth-order valence-electron chi connectivity index (χ4n) is 10.0. The van der Waals surface area contributed by atoms with Crippen molar-refractivity contribution in [2.45, 2.75) is 73.1 Å². The number of rotatable bonds is 5. The van der Waals surface area contributed by atoms with Crippen molar-refractivity contribution in [2.75, 3.05) is 0 Å². The van der Waals surface area contributed by atoms with Gasteiger partial charge >= 0.3 is 0 Å². The smallest absolute Gasteiger partial charge is 0.185 e. The van der Waals surface area contributed by atoms with Gasteiger partial charge in [-0.1, -0.05) is 89.5 Å². The summed E-state index contributed by atoms with van der Waals surface area (Å²) in [5.41, 5.74) is 21.2. The van der Waals surface area contributed by atoms with E-state index >= 15 is 0 Å². The summed E-state index contributed by atoms with van der Waals surface area (Å²) in [6.45, 7) is 11.8. The number of H-pyrrole nitrogens is 2. The maximum Gasteiger partial charge on any atom is 0.185 e. The van der Waals surface area contributed by atoms with E-state index in [0.29, 0.717) is 16.7 Å². The van der Waals surface area contributed by atoms with Crippen molar-refractivity contribution in [1.82, 2.24) is 19.9 Å². The van der Waals surface area contributed by atoms with Gasteiger partial charge < -0.3 is 9.97 Å². The molecule has 6 heteroatoms. The molecule has 4 aliphatic rings. The molecule has 5 heterocycles. The third-order valence-corrected chi connectivity index (χ3v) is 13.6. The molecular formula is C56H50N4O2. The van der Waals surface area contributed by atoms with Crippen molar-refractivity contribution in [3.05, 3.63) is 164 Å². The summed E-state index contributed by atoms with van der Waals surface area (Å²) in [7, 11) is 0. The van der Waals surface area contributed by atoms with Crippen molar-refractivity contribution in [2.24, 2.45) is 5.92 Å². The molecule has 62 heavy (non-hydrogen) atoms. The van der Waals surface area contributed by atoms with E-state index in [4.69, 9.17) is 9.97 Å². The van der Waals surface area contributed by atoms with Crippen LogP contribution in [0.15, 0.2) is 119 Å². The van der Waals surface area contributed by atoms with Crippen LogP contribution in [-0.2, 0) is 9.59 Å². The maximum absolute atomic E-state index is 13.7. The summed E-state index contributed by atoms with van der Waals surface area (Å²) >= 11 is 0. The molecule has 6 aromatic rings. The van der Waals surface area contributed by atoms with Crippen LogP contribution in [0.1, 0.15) is 97.4 Å². The standard InChI is InChI=1S/C56H50N4O2/c1-31-7-13-38(14-8-31)51-42-23-25-44(57-42)52(39-15-9-32(2)10-16-39)46-27-29-48(59-46)54(41-21-19-37(20-22-41)50-36(6)55(61)34(4)35(5)56(50)62)49-30-28-47(60-49)53(45-26-24-43(51)58-45)40-17-11-33(3)12-18-40/h7-18,23-30,37,41,57,60H,19-22H2,1-6H3. The first-order valence-corrected chi connectivity index (χ1v) is 21.9. The molecule has 3 aromatic carbocycles. The lowest BCUT2D eigenvalue weighted by Crippen LogP contribution is -2.27. The number of ketones is 2. The highest BCUT2D eigenvalue weighted by Gasteiger charge is 2.36. The van der Waals surface area contributed by atoms with Crippen LogP contribution in [0.2, 0.25) is 0 Å². The zero-order chi connectivity index (χ0) is 42.8. The van der Waals surface area contributed by atoms with E-state index in [9.17, 15) is 9.59 Å². The number of aryl methyl sites for hydroxylation is 3. The SMILES string of the molecule is CC1=C(C)C(=O)C(C2CCC(c3c4nc(c(-c5ccc(C)cc5)c5ccc([nH]5)c(-c5ccc(C)cc5)c5nc(c(-c6ccc(C)cc6)c6ccc3[nH]6)C=C5)C=C4)CC2)=C(C)C1=O. The number of aromatic nitrogens is 4. The Balaban J connectivity index is 1.24. The molecule has 0 spiro atoms. The van der Waals surface area contributed by atoms with Gasteiger partial charge in [-0.05, 0) is 144 Å². The van der Waals surface area contributed by atoms with Gasteiger partial charge in [0.15, 0.2) is 11.6 Å². The molecule has 0 unspecified atom stereocenters. The normalized spacial score (nSPS) is 17.7. The second-order valence-corrected chi connectivity index (χ2v) is 17.6. The Kier molecular flexibility index (Phi) is 9.82. The Hall–Kier alpha value is -6.92. The molecular weight excluding hydrogens is 761 g/mol. The predicted molar refractivity (Wildman–Crippen MR) is 255 cm³/mol. The number of fused-ring (bicyclic) bond motifs is 8. The number of Topliss-reactive ketones (excluding diaryl/α,β-unsaturated/α-hetero) is 2. The summed E-state index contributed by atoms with van der Waals surface area (Å²) in [4.78, 5) is 45.7. The van der Waals surface area contributed by atoms with Crippen LogP contribution in [0.5, 0.6) is 0 Å². The molecule has 1 saturated carbocycles. The van der Waals surface area contributed by atoms with Gasteiger partial charge in [0.2, 0.25) is 0 Å². The van der Waals surface area contributed by atoms with E-state index in [1.165, 1.54) is 22.3 Å². The first-order chi connectivity index (χ1) is 30.0. The van der Waals surface area contributed by atoms with Crippen LogP contribution in [0.3, 0.4) is 0 Å². The molecule has 3 aromatic heterocycles. The van der Waals surface area contributed by atoms with E-state index < -0.39 is 0 Å². The first-order valence-electron chi connectivity index (χ1n) is 21.9. The zero-order valence-corrected chi connectivity index (χ0v) is 36.2. The van der Waals surface area contributed by atoms with Crippen molar-refractivity contribution in [1.29, 1.82) is 0 Å². The van der Waals surface area contributed by atoms with Gasteiger partial charge in [0, 0.05) is 66.6 Å². The van der Waals surface area contributed by atoms with Gasteiger partial charge in [-0.3, -0.25) is 9.59 Å². The van der Waals surface area contributed by atoms with Crippen molar-refractivity contribution in [3.8, 4) is 33.4 Å². The minimum atomic E-state index is 0.00436. The third-order valence-electron chi connectivity index (χ3n) is 13.6. The number of hydrogen-bond donors (Lipinski definition) is 2. The number of carbonyl (C=O) groups is 2. The molecule has 0 atom stereocenters. The molecule has 2 N–H and O–H groups in total. The second kappa shape index (κ2) is 15.5. The number of benzene rings is 3. The van der Waals surface area contributed by atoms with Crippen molar-refractivity contribution in [3.63, 3.8) is 0 Å². The number of hydrogen-bond acceptors (Lipinski definition) is 4. The molecule has 2 aliphatic carbocycles. The Morgan fingerprint density at radius 1 is 0.403 bits per heavy atom. The molecule has 1 fully saturated rings. The number of allylic oxidation sites excluding steroid dienone is 4. The molecule has 0 saturated heterocycles. The van der Waals surface area contributed by atoms with Gasteiger partial charge in [0.1, 0.15) is 0 Å². The summed E-state index contributed by atoms with van der Waals surface area (Å²) in [6, 6.07) is 34.8. The van der Waals surface area contributed by atoms with Crippen LogP contribution in [0.25, 0.3) is 79.8 Å². The van der Waals surface area contributed by atoms with Crippen molar-refractivity contribution >= 4 is 57.9 Å². The lowest BCUT2D eigenvalue weighted by molar-refractivity contribution is -0.117. The summed E-state index contributed by atoms with van der Waals surface area (Å²) in [6.07, 6.45) is 12.0. The Bertz CT molecular complexity index is 3100. The van der Waals surface area contributed by atoms with E-state index in [-0.39, 0.29) is 23.4 Å². The van der Waals surface area contributed by atoms with Gasteiger partial charge in [0.05, 0.1) is 22.8 Å². The highest BCUT2D eigenvalue weighted by atomic mass is 16.1. The summed E-state index contributed by atoms with van der Waals surface area (Å²) in [5.74, 6) is 0.260. The largest absolute Gasteiger partial charge is 0.355 e. The van der Waals surface area contributed by atoms with Crippen LogP contribution < -0.4 is 0 Å². The predicted octanol–water partition coefficient (Wildman–Crippen LogP) is 13.7. The molecule has 10 rings (SSSR count). The molecule has 306 valence electrons. The topological polar surface area (TPSA) is 91.5 Å². The fourth-order valence-corrected chi connectivity index (χ4v) is 10.0. The van der Waals surface area contributed by atoms with Crippen LogP contribution in [0, 0.1) is 26.7 Å². The van der Waals surface area contributed by atoms with Gasteiger partial charge in [0.25, 0.3) is 0 Å².